The van der Waals surface area contributed by atoms with Crippen LogP contribution in [0.4, 0.5) is 13.2 Å². The third-order valence-corrected chi connectivity index (χ3v) is 6.46. The molecule has 3 heterocycles. The number of nitrogens with zero attached hydrogens (tertiary/aromatic N) is 4. The van der Waals surface area contributed by atoms with Crippen molar-refractivity contribution in [2.24, 2.45) is 0 Å². The summed E-state index contributed by atoms with van der Waals surface area (Å²) in [7, 11) is 0. The molecule has 0 saturated heterocycles. The van der Waals surface area contributed by atoms with Crippen LogP contribution in [0.3, 0.4) is 0 Å². The molecule has 0 saturated carbocycles. The van der Waals surface area contributed by atoms with E-state index in [0.717, 1.165) is 28.5 Å². The molecule has 0 spiro atoms. The van der Waals surface area contributed by atoms with Crippen molar-refractivity contribution in [1.82, 2.24) is 15.0 Å². The van der Waals surface area contributed by atoms with Gasteiger partial charge >= 0.3 is 20.1 Å². The molecule has 0 aliphatic rings. The molecule has 0 radical (unpaired) electrons. The van der Waals surface area contributed by atoms with Crippen molar-refractivity contribution in [3.05, 3.63) is 133 Å². The van der Waals surface area contributed by atoms with Crippen LogP contribution >= 0.6 is 0 Å². The van der Waals surface area contributed by atoms with Crippen molar-refractivity contribution in [3.63, 3.8) is 0 Å². The molecule has 2 aromatic carbocycles. The van der Waals surface area contributed by atoms with Crippen LogP contribution in [0.15, 0.2) is 85.3 Å². The second-order valence-corrected chi connectivity index (χ2v) is 11.7. The molecule has 8 heteroatoms. The molecule has 0 amide bonds. The topological polar surface area (TPSA) is 62.5 Å². The van der Waals surface area contributed by atoms with Crippen LogP contribution in [0.2, 0.25) is 0 Å². The van der Waals surface area contributed by atoms with Crippen molar-refractivity contribution in [2.45, 2.75) is 52.4 Å². The normalized spacial score (nSPS) is 10.8. The summed E-state index contributed by atoms with van der Waals surface area (Å²) < 4.78 is 41.7. The largest absolute Gasteiger partial charge is 3.00 e. The maximum atomic E-state index is 14.6. The number of benzene rings is 2. The zero-order valence-corrected chi connectivity index (χ0v) is 27.7. The Balaban J connectivity index is 0.000000353. The van der Waals surface area contributed by atoms with Gasteiger partial charge in [0, 0.05) is 35.8 Å². The zero-order valence-electron chi connectivity index (χ0n) is 25.3. The van der Waals surface area contributed by atoms with Gasteiger partial charge in [0.1, 0.15) is 0 Å². The van der Waals surface area contributed by atoms with Crippen molar-refractivity contribution in [3.8, 4) is 33.8 Å². The molecule has 5 rings (SSSR count). The molecule has 3 aromatic heterocycles. The van der Waals surface area contributed by atoms with Gasteiger partial charge in [-0.25, -0.2) is 0 Å². The van der Waals surface area contributed by atoms with Gasteiger partial charge in [-0.05, 0) is 45.8 Å². The summed E-state index contributed by atoms with van der Waals surface area (Å²) in [6.45, 7) is 17.2. The number of hydrogen-bond acceptors (Lipinski definition) is 4. The second kappa shape index (κ2) is 15.5. The molecule has 0 aliphatic heterocycles. The average Bonchev–Trinajstić information content (AvgIpc) is 2.99. The van der Waals surface area contributed by atoms with Crippen molar-refractivity contribution in [2.75, 3.05) is 0 Å². The van der Waals surface area contributed by atoms with E-state index in [9.17, 15) is 13.2 Å². The summed E-state index contributed by atoms with van der Waals surface area (Å²) in [5.74, 6) is -1.65. The summed E-state index contributed by atoms with van der Waals surface area (Å²) in [5.41, 5.74) is 4.57. The third-order valence-electron chi connectivity index (χ3n) is 6.46. The Bertz CT molecular complexity index is 1600. The first-order chi connectivity index (χ1) is 20.3. The molecule has 0 unspecified atom stereocenters. The fraction of sp³-hybridized carbons (Fsp3) is 0.222. The van der Waals surface area contributed by atoms with E-state index in [0.29, 0.717) is 11.4 Å². The molecule has 0 atom stereocenters. The van der Waals surface area contributed by atoms with Crippen LogP contribution in [0.1, 0.15) is 52.7 Å². The van der Waals surface area contributed by atoms with Crippen LogP contribution in [0.5, 0.6) is 0 Å². The van der Waals surface area contributed by atoms with E-state index in [1.165, 1.54) is 12.1 Å². The Hall–Kier alpha value is -4.18. The predicted octanol–water partition coefficient (Wildman–Crippen LogP) is 9.27. The average molecular weight is 770 g/mol. The summed E-state index contributed by atoms with van der Waals surface area (Å²) in [6.07, 6.45) is 4.99. The second-order valence-electron chi connectivity index (χ2n) is 11.7. The summed E-state index contributed by atoms with van der Waals surface area (Å²) in [4.78, 5) is 12.7. The van der Waals surface area contributed by atoms with E-state index in [2.05, 4.69) is 68.6 Å². The van der Waals surface area contributed by atoms with Crippen molar-refractivity contribution in [1.29, 1.82) is 5.26 Å². The molecule has 0 N–H and O–H groups in total. The SMILES string of the molecule is CC(C)(C)c1ccnc(-c2[c-]c(-c3cc(C(C)(C)C)ccn3)c(F)cc2F)c1.Fc1c[c-]c(-c2ccccn2)cc1.[C-]#N.[Ir+3]. The van der Waals surface area contributed by atoms with E-state index in [-0.39, 0.29) is 47.9 Å². The maximum Gasteiger partial charge on any atom is 3.00 e. The van der Waals surface area contributed by atoms with E-state index in [1.54, 1.807) is 24.7 Å². The molecular weight excluding hydrogens is 738 g/mol. The zero-order chi connectivity index (χ0) is 31.8. The number of aromatic nitrogens is 3. The van der Waals surface area contributed by atoms with Gasteiger partial charge in [0.2, 0.25) is 0 Å². The summed E-state index contributed by atoms with van der Waals surface area (Å²) in [6, 6.07) is 24.0. The number of halogens is 3. The fourth-order valence-electron chi connectivity index (χ4n) is 4.03. The summed E-state index contributed by atoms with van der Waals surface area (Å²) >= 11 is 0. The molecule has 0 fully saturated rings. The van der Waals surface area contributed by atoms with Gasteiger partial charge < -0.3 is 16.8 Å². The van der Waals surface area contributed by atoms with Gasteiger partial charge in [-0.2, -0.15) is 0 Å². The Morgan fingerprint density at radius 1 is 0.636 bits per heavy atom. The summed E-state index contributed by atoms with van der Waals surface area (Å²) in [5, 5.41) is 6.25. The van der Waals surface area contributed by atoms with Crippen molar-refractivity contribution >= 4 is 0 Å². The van der Waals surface area contributed by atoms with Crippen LogP contribution in [0.25, 0.3) is 33.8 Å². The first-order valence-corrected chi connectivity index (χ1v) is 13.5. The molecule has 4 nitrogen and oxygen atoms in total. The minimum atomic E-state index is -0.688. The molecule has 226 valence electrons. The first-order valence-electron chi connectivity index (χ1n) is 13.5. The van der Waals surface area contributed by atoms with Gasteiger partial charge in [-0.15, -0.1) is 35.9 Å². The molecule has 5 aromatic rings. The number of pyridine rings is 3. The first kappa shape index (κ1) is 36.0. The Morgan fingerprint density at radius 3 is 1.55 bits per heavy atom. The van der Waals surface area contributed by atoms with Crippen LogP contribution in [-0.4, -0.2) is 15.0 Å². The van der Waals surface area contributed by atoms with Crippen molar-refractivity contribution < 1.29 is 33.3 Å². The minimum Gasteiger partial charge on any atom is -0.512 e. The standard InChI is InChI=1S/C24H25F2N2.C11H7FN.CN.Ir/c1-23(2,3)15-7-9-27-21(11-15)17-13-18(20(26)14-19(17)25)22-12-16(8-10-28-22)24(4,5)6;12-10-6-4-9(5-7-10)11-3-1-2-8-13-11;1-2;/h7-12,14H,1-6H3;1-4,6-8H;;/q3*-1;+3. The minimum absolute atomic E-state index is 0. The Kier molecular flexibility index (Phi) is 12.7. The van der Waals surface area contributed by atoms with Gasteiger partial charge in [0.25, 0.3) is 0 Å². The Labute approximate surface area is 271 Å². The van der Waals surface area contributed by atoms with Gasteiger partial charge in [-0.3, -0.25) is 23.1 Å². The fourth-order valence-corrected chi connectivity index (χ4v) is 4.03. The maximum absolute atomic E-state index is 14.6. The predicted molar refractivity (Wildman–Crippen MR) is 162 cm³/mol. The van der Waals surface area contributed by atoms with Gasteiger partial charge in [0.15, 0.2) is 0 Å². The van der Waals surface area contributed by atoms with Crippen LogP contribution in [-0.2, 0) is 30.9 Å². The third kappa shape index (κ3) is 9.41. The molecule has 44 heavy (non-hydrogen) atoms. The van der Waals surface area contributed by atoms with Gasteiger partial charge in [-0.1, -0.05) is 83.0 Å². The van der Waals surface area contributed by atoms with E-state index in [4.69, 9.17) is 11.8 Å². The van der Waals surface area contributed by atoms with Crippen LogP contribution in [0, 0.1) is 41.4 Å². The smallest absolute Gasteiger partial charge is 0.512 e. The van der Waals surface area contributed by atoms with E-state index < -0.39 is 11.6 Å². The number of rotatable bonds is 3. The van der Waals surface area contributed by atoms with E-state index in [1.807, 2.05) is 42.5 Å². The molecule has 0 bridgehead atoms. The quantitative estimate of drug-likeness (QED) is 0.172. The van der Waals surface area contributed by atoms with Crippen LogP contribution < -0.4 is 0 Å². The Morgan fingerprint density at radius 2 is 1.14 bits per heavy atom. The monoisotopic (exact) mass is 770 g/mol. The molecule has 0 aliphatic carbocycles. The van der Waals surface area contributed by atoms with E-state index >= 15 is 0 Å². The van der Waals surface area contributed by atoms with Gasteiger partial charge in [0.05, 0.1) is 11.6 Å². The number of hydrogen-bond donors (Lipinski definition) is 0. The molecular formula is C36H32F3IrN4.